The molecule has 0 atom stereocenters. The van der Waals surface area contributed by atoms with Crippen LogP contribution in [-0.2, 0) is 0 Å². The number of piperidine rings is 1. The largest absolute Gasteiger partial charge is 0.368 e. The SMILES string of the molecule is O=C(c1cc(N2CCCCC2)ncn1)N1CCN(c2cccc(Cl)c2)CC1. The summed E-state index contributed by atoms with van der Waals surface area (Å²) < 4.78 is 0. The maximum absolute atomic E-state index is 12.9. The van der Waals surface area contributed by atoms with Crippen LogP contribution in [0.4, 0.5) is 11.5 Å². The molecule has 2 aromatic rings. The van der Waals surface area contributed by atoms with Gasteiger partial charge in [-0.25, -0.2) is 9.97 Å². The number of carbonyl (C=O) groups is 1. The summed E-state index contributed by atoms with van der Waals surface area (Å²) in [7, 11) is 0. The van der Waals surface area contributed by atoms with Crippen molar-refractivity contribution in [3.05, 3.63) is 47.4 Å². The molecular formula is C20H24ClN5O. The number of carbonyl (C=O) groups excluding carboxylic acids is 1. The van der Waals surface area contributed by atoms with Crippen LogP contribution in [0.2, 0.25) is 5.02 Å². The molecule has 0 aliphatic carbocycles. The topological polar surface area (TPSA) is 52.6 Å². The summed E-state index contributed by atoms with van der Waals surface area (Å²) in [6.07, 6.45) is 5.14. The van der Waals surface area contributed by atoms with E-state index in [9.17, 15) is 4.79 Å². The first-order valence-electron chi connectivity index (χ1n) is 9.57. The van der Waals surface area contributed by atoms with E-state index < -0.39 is 0 Å². The van der Waals surface area contributed by atoms with Crippen LogP contribution in [0.1, 0.15) is 29.8 Å². The molecule has 7 heteroatoms. The van der Waals surface area contributed by atoms with Gasteiger partial charge in [0.1, 0.15) is 17.8 Å². The summed E-state index contributed by atoms with van der Waals surface area (Å²) in [5.74, 6) is 0.854. The van der Waals surface area contributed by atoms with Crippen LogP contribution in [0.5, 0.6) is 0 Å². The van der Waals surface area contributed by atoms with Gasteiger partial charge in [0, 0.05) is 56.0 Å². The molecule has 3 heterocycles. The number of hydrogen-bond acceptors (Lipinski definition) is 5. The average molecular weight is 386 g/mol. The Morgan fingerprint density at radius 1 is 0.889 bits per heavy atom. The van der Waals surface area contributed by atoms with E-state index in [4.69, 9.17) is 11.6 Å². The maximum atomic E-state index is 12.9. The second kappa shape index (κ2) is 8.13. The number of anilines is 2. The molecule has 0 unspecified atom stereocenters. The van der Waals surface area contributed by atoms with Crippen molar-refractivity contribution < 1.29 is 4.79 Å². The monoisotopic (exact) mass is 385 g/mol. The van der Waals surface area contributed by atoms with E-state index in [2.05, 4.69) is 25.8 Å². The van der Waals surface area contributed by atoms with Crippen LogP contribution in [0.25, 0.3) is 0 Å². The van der Waals surface area contributed by atoms with Crippen molar-refractivity contribution in [2.75, 3.05) is 49.1 Å². The Bertz CT molecular complexity index is 800. The summed E-state index contributed by atoms with van der Waals surface area (Å²) in [6.45, 7) is 4.93. The Kier molecular flexibility index (Phi) is 5.43. The van der Waals surface area contributed by atoms with Gasteiger partial charge >= 0.3 is 0 Å². The molecule has 0 spiro atoms. The molecule has 6 nitrogen and oxygen atoms in total. The van der Waals surface area contributed by atoms with E-state index in [1.54, 1.807) is 0 Å². The highest BCUT2D eigenvalue weighted by atomic mass is 35.5. The number of benzene rings is 1. The molecule has 2 fully saturated rings. The van der Waals surface area contributed by atoms with Crippen molar-refractivity contribution in [1.29, 1.82) is 0 Å². The number of amides is 1. The molecule has 142 valence electrons. The van der Waals surface area contributed by atoms with Crippen LogP contribution in [0.3, 0.4) is 0 Å². The number of aromatic nitrogens is 2. The highest BCUT2D eigenvalue weighted by molar-refractivity contribution is 6.30. The number of nitrogens with zero attached hydrogens (tertiary/aromatic N) is 5. The fourth-order valence-corrected chi connectivity index (χ4v) is 3.95. The molecule has 0 radical (unpaired) electrons. The third-order valence-corrected chi connectivity index (χ3v) is 5.53. The van der Waals surface area contributed by atoms with Gasteiger partial charge in [0.25, 0.3) is 5.91 Å². The van der Waals surface area contributed by atoms with E-state index >= 15 is 0 Å². The third-order valence-electron chi connectivity index (χ3n) is 5.29. The molecular weight excluding hydrogens is 362 g/mol. The second-order valence-electron chi connectivity index (χ2n) is 7.07. The first kappa shape index (κ1) is 18.0. The van der Waals surface area contributed by atoms with Crippen molar-refractivity contribution in [2.24, 2.45) is 0 Å². The molecule has 27 heavy (non-hydrogen) atoms. The highest BCUT2D eigenvalue weighted by Gasteiger charge is 2.24. The van der Waals surface area contributed by atoms with Gasteiger partial charge < -0.3 is 14.7 Å². The lowest BCUT2D eigenvalue weighted by Crippen LogP contribution is -2.49. The number of piperazine rings is 1. The summed E-state index contributed by atoms with van der Waals surface area (Å²) in [4.78, 5) is 27.9. The Hall–Kier alpha value is -2.34. The molecule has 2 aliphatic heterocycles. The van der Waals surface area contributed by atoms with Crippen LogP contribution >= 0.6 is 11.6 Å². The molecule has 1 aromatic carbocycles. The van der Waals surface area contributed by atoms with Crippen LogP contribution < -0.4 is 9.80 Å². The minimum absolute atomic E-state index is 0.0126. The van der Waals surface area contributed by atoms with Crippen LogP contribution in [-0.4, -0.2) is 60.0 Å². The predicted molar refractivity (Wildman–Crippen MR) is 108 cm³/mol. The summed E-state index contributed by atoms with van der Waals surface area (Å²) in [6, 6.07) is 9.70. The molecule has 0 saturated carbocycles. The number of halogens is 1. The molecule has 0 bridgehead atoms. The van der Waals surface area contributed by atoms with E-state index in [1.165, 1.54) is 25.6 Å². The lowest BCUT2D eigenvalue weighted by Gasteiger charge is -2.36. The normalized spacial score (nSPS) is 17.9. The Morgan fingerprint density at radius 2 is 1.67 bits per heavy atom. The smallest absolute Gasteiger partial charge is 0.272 e. The van der Waals surface area contributed by atoms with E-state index in [0.29, 0.717) is 18.8 Å². The molecule has 1 amide bonds. The Morgan fingerprint density at radius 3 is 2.41 bits per heavy atom. The Balaban J connectivity index is 1.40. The second-order valence-corrected chi connectivity index (χ2v) is 7.50. The summed E-state index contributed by atoms with van der Waals surface area (Å²) in [5, 5.41) is 0.734. The standard InChI is InChI=1S/C20H24ClN5O/c21-16-5-4-6-17(13-16)24-9-11-26(12-10-24)20(27)18-14-19(23-15-22-18)25-7-2-1-3-8-25/h4-6,13-15H,1-3,7-12H2. The van der Waals surface area contributed by atoms with Gasteiger partial charge in [-0.05, 0) is 37.5 Å². The number of hydrogen-bond donors (Lipinski definition) is 0. The van der Waals surface area contributed by atoms with E-state index in [0.717, 1.165) is 42.7 Å². The third kappa shape index (κ3) is 4.16. The zero-order chi connectivity index (χ0) is 18.6. The fourth-order valence-electron chi connectivity index (χ4n) is 3.76. The van der Waals surface area contributed by atoms with Crippen LogP contribution in [0.15, 0.2) is 36.7 Å². The summed E-state index contributed by atoms with van der Waals surface area (Å²) in [5.41, 5.74) is 1.59. The van der Waals surface area contributed by atoms with Crippen molar-refractivity contribution in [1.82, 2.24) is 14.9 Å². The first-order valence-corrected chi connectivity index (χ1v) is 9.95. The van der Waals surface area contributed by atoms with Crippen molar-refractivity contribution in [3.63, 3.8) is 0 Å². The van der Waals surface area contributed by atoms with E-state index in [1.807, 2.05) is 29.2 Å². The molecule has 2 aliphatic rings. The van der Waals surface area contributed by atoms with Gasteiger partial charge in [0.2, 0.25) is 0 Å². The number of rotatable bonds is 3. The molecule has 4 rings (SSSR count). The van der Waals surface area contributed by atoms with Gasteiger partial charge in [0.15, 0.2) is 0 Å². The molecule has 2 saturated heterocycles. The van der Waals surface area contributed by atoms with Gasteiger partial charge in [-0.1, -0.05) is 17.7 Å². The van der Waals surface area contributed by atoms with Crippen molar-refractivity contribution in [3.8, 4) is 0 Å². The summed E-state index contributed by atoms with van der Waals surface area (Å²) >= 11 is 6.09. The fraction of sp³-hybridized carbons (Fsp3) is 0.450. The van der Waals surface area contributed by atoms with Crippen molar-refractivity contribution in [2.45, 2.75) is 19.3 Å². The zero-order valence-corrected chi connectivity index (χ0v) is 16.1. The predicted octanol–water partition coefficient (Wildman–Crippen LogP) is 3.08. The van der Waals surface area contributed by atoms with Gasteiger partial charge in [-0.15, -0.1) is 0 Å². The zero-order valence-electron chi connectivity index (χ0n) is 15.4. The Labute approximate surface area is 164 Å². The van der Waals surface area contributed by atoms with Gasteiger partial charge in [0.05, 0.1) is 0 Å². The lowest BCUT2D eigenvalue weighted by atomic mass is 10.1. The molecule has 0 N–H and O–H groups in total. The van der Waals surface area contributed by atoms with Gasteiger partial charge in [-0.2, -0.15) is 0 Å². The highest BCUT2D eigenvalue weighted by Crippen LogP contribution is 2.22. The minimum atomic E-state index is -0.0126. The first-order chi connectivity index (χ1) is 13.2. The molecule has 1 aromatic heterocycles. The maximum Gasteiger partial charge on any atom is 0.272 e. The van der Waals surface area contributed by atoms with E-state index in [-0.39, 0.29) is 5.91 Å². The van der Waals surface area contributed by atoms with Crippen molar-refractivity contribution >= 4 is 29.0 Å². The lowest BCUT2D eigenvalue weighted by molar-refractivity contribution is 0.0740. The minimum Gasteiger partial charge on any atom is -0.368 e. The quantitative estimate of drug-likeness (QED) is 0.812. The van der Waals surface area contributed by atoms with Gasteiger partial charge in [-0.3, -0.25) is 4.79 Å². The van der Waals surface area contributed by atoms with Crippen LogP contribution in [0, 0.1) is 0 Å². The average Bonchev–Trinajstić information content (AvgIpc) is 2.74.